The van der Waals surface area contributed by atoms with Gasteiger partial charge in [-0.05, 0) is 25.0 Å². The Balaban J connectivity index is 0.00000208. The highest BCUT2D eigenvalue weighted by molar-refractivity contribution is 6.03. The number of halogens is 1. The van der Waals surface area contributed by atoms with Crippen LogP contribution in [0.3, 0.4) is 0 Å². The van der Waals surface area contributed by atoms with Gasteiger partial charge in [-0.15, -0.1) is 12.4 Å². The Labute approximate surface area is 148 Å². The van der Waals surface area contributed by atoms with Crippen LogP contribution in [-0.4, -0.2) is 55.6 Å². The van der Waals surface area contributed by atoms with E-state index in [-0.39, 0.29) is 30.3 Å². The van der Waals surface area contributed by atoms with Crippen LogP contribution in [0.4, 0.5) is 5.69 Å². The van der Waals surface area contributed by atoms with Gasteiger partial charge in [-0.25, -0.2) is 0 Å². The Morgan fingerprint density at radius 3 is 2.71 bits per heavy atom. The van der Waals surface area contributed by atoms with Crippen LogP contribution >= 0.6 is 12.4 Å². The maximum absolute atomic E-state index is 12.6. The predicted octanol–water partition coefficient (Wildman–Crippen LogP) is 1.66. The van der Waals surface area contributed by atoms with E-state index in [4.69, 9.17) is 4.74 Å². The van der Waals surface area contributed by atoms with Crippen LogP contribution in [0.5, 0.6) is 0 Å². The predicted molar refractivity (Wildman–Crippen MR) is 94.7 cm³/mol. The van der Waals surface area contributed by atoms with Crippen LogP contribution in [0.25, 0.3) is 0 Å². The van der Waals surface area contributed by atoms with Gasteiger partial charge in [0.2, 0.25) is 5.91 Å². The number of ether oxygens (including phenoxy) is 1. The number of para-hydroxylation sites is 1. The number of carbonyl (C=O) groups is 2. The van der Waals surface area contributed by atoms with E-state index in [0.29, 0.717) is 30.9 Å². The fraction of sp³-hybridized carbons (Fsp3) is 0.529. The molecule has 1 aromatic carbocycles. The van der Waals surface area contributed by atoms with Crippen LogP contribution in [0.2, 0.25) is 0 Å². The first-order valence-corrected chi connectivity index (χ1v) is 8.23. The molecule has 1 unspecified atom stereocenters. The molecule has 3 rings (SSSR count). The summed E-state index contributed by atoms with van der Waals surface area (Å²) in [7, 11) is 0. The van der Waals surface area contributed by atoms with E-state index in [2.05, 4.69) is 10.6 Å². The molecule has 2 N–H and O–H groups in total. The molecule has 2 aliphatic heterocycles. The minimum absolute atomic E-state index is 0. The van der Waals surface area contributed by atoms with Crippen molar-refractivity contribution in [3.05, 3.63) is 29.8 Å². The fourth-order valence-corrected chi connectivity index (χ4v) is 3.05. The Kier molecular flexibility index (Phi) is 7.02. The Morgan fingerprint density at radius 2 is 2.00 bits per heavy atom. The lowest BCUT2D eigenvalue weighted by molar-refractivity contribution is -0.117. The van der Waals surface area contributed by atoms with Crippen molar-refractivity contribution >= 4 is 29.9 Å². The summed E-state index contributed by atoms with van der Waals surface area (Å²) < 4.78 is 5.36. The van der Waals surface area contributed by atoms with Crippen LogP contribution in [0.15, 0.2) is 24.3 Å². The molecule has 2 aliphatic rings. The number of benzene rings is 1. The highest BCUT2D eigenvalue weighted by Crippen LogP contribution is 2.20. The standard InChI is InChI=1S/C17H23N3O3.ClH/c21-16(11-13-12-23-10-7-18-13)19-15-6-2-1-5-14(15)17(22)20-8-3-4-9-20;/h1-2,5-6,13,18H,3-4,7-12H2,(H,19,21);1H. The number of carbonyl (C=O) groups excluding carboxylic acids is 2. The summed E-state index contributed by atoms with van der Waals surface area (Å²) in [6.45, 7) is 3.59. The van der Waals surface area contributed by atoms with Crippen LogP contribution in [-0.2, 0) is 9.53 Å². The molecule has 24 heavy (non-hydrogen) atoms. The highest BCUT2D eigenvalue weighted by atomic mass is 35.5. The van der Waals surface area contributed by atoms with Crippen molar-refractivity contribution in [1.29, 1.82) is 0 Å². The van der Waals surface area contributed by atoms with Gasteiger partial charge in [0.15, 0.2) is 0 Å². The molecule has 0 aliphatic carbocycles. The average Bonchev–Trinajstić information content (AvgIpc) is 3.10. The summed E-state index contributed by atoms with van der Waals surface area (Å²) in [4.78, 5) is 26.7. The lowest BCUT2D eigenvalue weighted by Crippen LogP contribution is -2.43. The van der Waals surface area contributed by atoms with Crippen LogP contribution < -0.4 is 10.6 Å². The van der Waals surface area contributed by atoms with Crippen molar-refractivity contribution in [2.75, 3.05) is 38.2 Å². The van der Waals surface area contributed by atoms with Crippen LogP contribution in [0, 0.1) is 0 Å². The average molecular weight is 354 g/mol. The van der Waals surface area contributed by atoms with E-state index in [1.807, 2.05) is 17.0 Å². The normalized spacial score (nSPS) is 20.3. The molecule has 132 valence electrons. The summed E-state index contributed by atoms with van der Waals surface area (Å²) in [5.41, 5.74) is 1.15. The quantitative estimate of drug-likeness (QED) is 0.863. The topological polar surface area (TPSA) is 70.7 Å². The van der Waals surface area contributed by atoms with Gasteiger partial charge in [-0.3, -0.25) is 9.59 Å². The number of amides is 2. The zero-order valence-corrected chi connectivity index (χ0v) is 14.4. The highest BCUT2D eigenvalue weighted by Gasteiger charge is 2.23. The summed E-state index contributed by atoms with van der Waals surface area (Å²) in [5, 5.41) is 6.14. The van der Waals surface area contributed by atoms with E-state index in [1.54, 1.807) is 12.1 Å². The van der Waals surface area contributed by atoms with E-state index in [0.717, 1.165) is 32.5 Å². The molecule has 7 heteroatoms. The molecule has 0 aromatic heterocycles. The van der Waals surface area contributed by atoms with E-state index in [1.165, 1.54) is 0 Å². The van der Waals surface area contributed by atoms with Gasteiger partial charge in [0.1, 0.15) is 0 Å². The maximum atomic E-state index is 12.6. The molecule has 2 saturated heterocycles. The van der Waals surface area contributed by atoms with Gasteiger partial charge in [0.25, 0.3) is 5.91 Å². The smallest absolute Gasteiger partial charge is 0.255 e. The van der Waals surface area contributed by atoms with Gasteiger partial charge in [0, 0.05) is 32.1 Å². The summed E-state index contributed by atoms with van der Waals surface area (Å²) in [6.07, 6.45) is 2.44. The number of morpholine rings is 1. The number of nitrogens with one attached hydrogen (secondary N) is 2. The number of hydrogen-bond acceptors (Lipinski definition) is 4. The molecule has 0 spiro atoms. The second-order valence-electron chi connectivity index (χ2n) is 6.02. The third-order valence-electron chi connectivity index (χ3n) is 4.26. The van der Waals surface area contributed by atoms with Crippen molar-refractivity contribution in [3.8, 4) is 0 Å². The number of hydrogen-bond donors (Lipinski definition) is 2. The van der Waals surface area contributed by atoms with E-state index < -0.39 is 0 Å². The minimum atomic E-state index is -0.102. The molecule has 0 bridgehead atoms. The second-order valence-corrected chi connectivity index (χ2v) is 6.02. The van der Waals surface area contributed by atoms with Crippen molar-refractivity contribution in [3.63, 3.8) is 0 Å². The fourth-order valence-electron chi connectivity index (χ4n) is 3.05. The number of anilines is 1. The van der Waals surface area contributed by atoms with Gasteiger partial charge in [-0.2, -0.15) is 0 Å². The summed E-state index contributed by atoms with van der Waals surface area (Å²) in [5.74, 6) is -0.104. The third-order valence-corrected chi connectivity index (χ3v) is 4.26. The molecule has 1 aromatic rings. The minimum Gasteiger partial charge on any atom is -0.378 e. The Bertz CT molecular complexity index is 570. The van der Waals surface area contributed by atoms with E-state index in [9.17, 15) is 9.59 Å². The van der Waals surface area contributed by atoms with Crippen LogP contribution in [0.1, 0.15) is 29.6 Å². The first-order chi connectivity index (χ1) is 11.2. The molecule has 0 saturated carbocycles. The molecule has 0 radical (unpaired) electrons. The lowest BCUT2D eigenvalue weighted by Gasteiger charge is -2.23. The van der Waals surface area contributed by atoms with E-state index >= 15 is 0 Å². The van der Waals surface area contributed by atoms with Gasteiger partial charge in [0.05, 0.1) is 24.5 Å². The van der Waals surface area contributed by atoms with Gasteiger partial charge < -0.3 is 20.3 Å². The van der Waals surface area contributed by atoms with Crippen molar-refractivity contribution in [2.45, 2.75) is 25.3 Å². The first-order valence-electron chi connectivity index (χ1n) is 8.23. The largest absolute Gasteiger partial charge is 0.378 e. The Morgan fingerprint density at radius 1 is 1.25 bits per heavy atom. The van der Waals surface area contributed by atoms with Gasteiger partial charge in [-0.1, -0.05) is 12.1 Å². The Hall–Kier alpha value is -1.63. The summed E-state index contributed by atoms with van der Waals surface area (Å²) >= 11 is 0. The molecule has 2 amide bonds. The van der Waals surface area contributed by atoms with Crippen molar-refractivity contribution in [1.82, 2.24) is 10.2 Å². The molecule has 2 fully saturated rings. The SMILES string of the molecule is Cl.O=C(CC1COCCN1)Nc1ccccc1C(=O)N1CCCC1. The third kappa shape index (κ3) is 4.69. The number of rotatable bonds is 4. The zero-order chi connectivity index (χ0) is 16.1. The lowest BCUT2D eigenvalue weighted by atomic mass is 10.1. The van der Waals surface area contributed by atoms with Gasteiger partial charge >= 0.3 is 0 Å². The number of likely N-dealkylation sites (tertiary alicyclic amines) is 1. The molecule has 2 heterocycles. The second kappa shape index (κ2) is 9.01. The molecular formula is C17H24ClN3O3. The maximum Gasteiger partial charge on any atom is 0.255 e. The number of nitrogens with zero attached hydrogens (tertiary/aromatic N) is 1. The first kappa shape index (κ1) is 18.7. The zero-order valence-electron chi connectivity index (χ0n) is 13.6. The summed E-state index contributed by atoms with van der Waals surface area (Å²) in [6, 6.07) is 7.25. The molecular weight excluding hydrogens is 330 g/mol. The van der Waals surface area contributed by atoms with Crippen molar-refractivity contribution < 1.29 is 14.3 Å². The molecule has 1 atom stereocenters. The monoisotopic (exact) mass is 353 g/mol. The molecule has 6 nitrogen and oxygen atoms in total. The van der Waals surface area contributed by atoms with Crippen molar-refractivity contribution in [2.24, 2.45) is 0 Å².